The van der Waals surface area contributed by atoms with Crippen LogP contribution in [-0.4, -0.2) is 35.7 Å². The van der Waals surface area contributed by atoms with Gasteiger partial charge in [0, 0.05) is 35.6 Å². The zero-order valence-electron chi connectivity index (χ0n) is 18.8. The molecular formula is C24H23N3O7. The topological polar surface area (TPSA) is 130 Å². The largest absolute Gasteiger partial charge is 0.476 e. The standard InChI is InChI=1S/C24H23N3O7/c1-24(2,22(28)32-3)15-33-21-13-6-17(14-25-21)16-4-7-18(8-5-16)26-23(29)34-20-11-9-19(10-12-20)27(30)31/h4-14H,15H2,1-3H3,(H,26,29). The number of anilines is 1. The maximum atomic E-state index is 12.1. The molecule has 0 saturated heterocycles. The van der Waals surface area contributed by atoms with Crippen LogP contribution in [0.25, 0.3) is 11.1 Å². The van der Waals surface area contributed by atoms with Crippen LogP contribution in [0.5, 0.6) is 11.6 Å². The van der Waals surface area contributed by atoms with Gasteiger partial charge in [0.2, 0.25) is 5.88 Å². The van der Waals surface area contributed by atoms with Crippen LogP contribution in [0, 0.1) is 15.5 Å². The summed E-state index contributed by atoms with van der Waals surface area (Å²) in [4.78, 5) is 38.2. The van der Waals surface area contributed by atoms with Crippen LogP contribution in [0.4, 0.5) is 16.2 Å². The molecule has 0 fully saturated rings. The minimum atomic E-state index is -0.794. The number of nitrogens with one attached hydrogen (secondary N) is 1. The third-order valence-electron chi connectivity index (χ3n) is 4.78. The van der Waals surface area contributed by atoms with Crippen molar-refractivity contribution in [3.8, 4) is 22.8 Å². The number of pyridine rings is 1. The number of non-ortho nitro benzene ring substituents is 1. The predicted molar refractivity (Wildman–Crippen MR) is 124 cm³/mol. The number of nitrogens with zero attached hydrogens (tertiary/aromatic N) is 2. The van der Waals surface area contributed by atoms with Gasteiger partial charge in [0.25, 0.3) is 5.69 Å². The molecule has 0 bridgehead atoms. The van der Waals surface area contributed by atoms with Crippen molar-refractivity contribution in [2.75, 3.05) is 19.0 Å². The number of amides is 1. The fourth-order valence-corrected chi connectivity index (χ4v) is 2.86. The molecule has 10 nitrogen and oxygen atoms in total. The highest BCUT2D eigenvalue weighted by Gasteiger charge is 2.29. The van der Waals surface area contributed by atoms with Crippen molar-refractivity contribution in [1.29, 1.82) is 0 Å². The third kappa shape index (κ3) is 6.28. The molecule has 0 aliphatic heterocycles. The predicted octanol–water partition coefficient (Wildman–Crippen LogP) is 4.85. The van der Waals surface area contributed by atoms with E-state index < -0.39 is 16.4 Å². The Kier molecular flexibility index (Phi) is 7.42. The lowest BCUT2D eigenvalue weighted by Gasteiger charge is -2.21. The van der Waals surface area contributed by atoms with Gasteiger partial charge in [-0.25, -0.2) is 9.78 Å². The molecule has 10 heteroatoms. The Bertz CT molecular complexity index is 1160. The number of aromatic nitrogens is 1. The smallest absolute Gasteiger partial charge is 0.417 e. The summed E-state index contributed by atoms with van der Waals surface area (Å²) in [5, 5.41) is 13.3. The first kappa shape index (κ1) is 24.2. The first-order valence-electron chi connectivity index (χ1n) is 10.2. The lowest BCUT2D eigenvalue weighted by Crippen LogP contribution is -2.32. The van der Waals surface area contributed by atoms with E-state index in [1.54, 1.807) is 50.4 Å². The Hall–Kier alpha value is -4.47. The highest BCUT2D eigenvalue weighted by atomic mass is 16.6. The molecule has 176 valence electrons. The minimum absolute atomic E-state index is 0.0949. The van der Waals surface area contributed by atoms with Crippen molar-refractivity contribution >= 4 is 23.4 Å². The zero-order valence-corrected chi connectivity index (χ0v) is 18.8. The molecule has 3 aromatic rings. The van der Waals surface area contributed by atoms with Gasteiger partial charge in [0.1, 0.15) is 12.4 Å². The summed E-state index contributed by atoms with van der Waals surface area (Å²) in [6.07, 6.45) is 0.922. The summed E-state index contributed by atoms with van der Waals surface area (Å²) in [7, 11) is 1.33. The Labute approximate surface area is 195 Å². The van der Waals surface area contributed by atoms with Gasteiger partial charge in [-0.15, -0.1) is 0 Å². The number of nitro benzene ring substituents is 1. The molecule has 1 heterocycles. The van der Waals surface area contributed by atoms with E-state index in [0.717, 1.165) is 11.1 Å². The number of carbonyl (C=O) groups excluding carboxylic acids is 2. The van der Waals surface area contributed by atoms with E-state index in [4.69, 9.17) is 14.2 Å². The second kappa shape index (κ2) is 10.4. The third-order valence-corrected chi connectivity index (χ3v) is 4.78. The average Bonchev–Trinajstić information content (AvgIpc) is 2.83. The molecule has 1 amide bonds. The van der Waals surface area contributed by atoms with Gasteiger partial charge in [-0.2, -0.15) is 0 Å². The number of rotatable bonds is 8. The number of hydrogen-bond acceptors (Lipinski definition) is 8. The van der Waals surface area contributed by atoms with Gasteiger partial charge in [-0.05, 0) is 49.7 Å². The quantitative estimate of drug-likeness (QED) is 0.284. The summed E-state index contributed by atoms with van der Waals surface area (Å²) in [5.74, 6) is 0.200. The number of hydrogen-bond donors (Lipinski definition) is 1. The lowest BCUT2D eigenvalue weighted by atomic mass is 9.95. The molecule has 2 aromatic carbocycles. The number of esters is 1. The maximum absolute atomic E-state index is 12.1. The number of carbonyl (C=O) groups is 2. The Balaban J connectivity index is 1.56. The molecule has 0 saturated carbocycles. The highest BCUT2D eigenvalue weighted by Crippen LogP contribution is 2.24. The Morgan fingerprint density at radius 1 is 1.00 bits per heavy atom. The van der Waals surface area contributed by atoms with E-state index in [0.29, 0.717) is 11.6 Å². The number of benzene rings is 2. The van der Waals surface area contributed by atoms with Crippen molar-refractivity contribution < 1.29 is 28.7 Å². The van der Waals surface area contributed by atoms with E-state index >= 15 is 0 Å². The molecule has 3 rings (SSSR count). The molecule has 0 unspecified atom stereocenters. The van der Waals surface area contributed by atoms with Gasteiger partial charge in [0.15, 0.2) is 0 Å². The number of methoxy groups -OCH3 is 1. The normalized spacial score (nSPS) is 10.8. The van der Waals surface area contributed by atoms with Crippen LogP contribution < -0.4 is 14.8 Å². The summed E-state index contributed by atoms with van der Waals surface area (Å²) >= 11 is 0. The number of ether oxygens (including phenoxy) is 3. The van der Waals surface area contributed by atoms with Gasteiger partial charge in [0.05, 0.1) is 17.4 Å². The molecule has 0 aliphatic rings. The molecule has 1 N–H and O–H groups in total. The second-order valence-corrected chi connectivity index (χ2v) is 7.89. The SMILES string of the molecule is COC(=O)C(C)(C)COc1ccc(-c2ccc(NC(=O)Oc3ccc([N+](=O)[O-])cc3)cc2)cn1. The van der Waals surface area contributed by atoms with Crippen LogP contribution in [0.2, 0.25) is 0 Å². The summed E-state index contributed by atoms with van der Waals surface area (Å²) < 4.78 is 15.5. The second-order valence-electron chi connectivity index (χ2n) is 7.89. The monoisotopic (exact) mass is 465 g/mol. The lowest BCUT2D eigenvalue weighted by molar-refractivity contribution is -0.384. The van der Waals surface area contributed by atoms with Gasteiger partial charge >= 0.3 is 12.1 Å². The fraction of sp³-hybridized carbons (Fsp3) is 0.208. The van der Waals surface area contributed by atoms with Crippen LogP contribution in [0.1, 0.15) is 13.8 Å². The van der Waals surface area contributed by atoms with Crippen LogP contribution >= 0.6 is 0 Å². The van der Waals surface area contributed by atoms with E-state index in [1.165, 1.54) is 31.4 Å². The minimum Gasteiger partial charge on any atom is -0.476 e. The van der Waals surface area contributed by atoms with E-state index in [1.807, 2.05) is 6.07 Å². The summed E-state index contributed by atoms with van der Waals surface area (Å²) in [6.45, 7) is 3.58. The van der Waals surface area contributed by atoms with Crippen molar-refractivity contribution in [2.45, 2.75) is 13.8 Å². The Morgan fingerprint density at radius 2 is 1.65 bits per heavy atom. The first-order chi connectivity index (χ1) is 16.2. The highest BCUT2D eigenvalue weighted by molar-refractivity contribution is 5.86. The Morgan fingerprint density at radius 3 is 2.21 bits per heavy atom. The zero-order chi connectivity index (χ0) is 24.7. The maximum Gasteiger partial charge on any atom is 0.417 e. The van der Waals surface area contributed by atoms with Gasteiger partial charge in [-0.3, -0.25) is 20.2 Å². The average molecular weight is 465 g/mol. The summed E-state index contributed by atoms with van der Waals surface area (Å²) in [6, 6.07) is 15.7. The van der Waals surface area contributed by atoms with Crippen molar-refractivity contribution in [1.82, 2.24) is 4.98 Å². The molecule has 0 atom stereocenters. The fourth-order valence-electron chi connectivity index (χ4n) is 2.86. The van der Waals surface area contributed by atoms with Crippen LogP contribution in [0.3, 0.4) is 0 Å². The first-order valence-corrected chi connectivity index (χ1v) is 10.2. The van der Waals surface area contributed by atoms with Crippen LogP contribution in [-0.2, 0) is 9.53 Å². The molecule has 0 radical (unpaired) electrons. The van der Waals surface area contributed by atoms with Crippen molar-refractivity contribution in [3.05, 3.63) is 77.0 Å². The number of nitro groups is 1. The van der Waals surface area contributed by atoms with Gasteiger partial charge < -0.3 is 14.2 Å². The molecular weight excluding hydrogens is 442 g/mol. The van der Waals surface area contributed by atoms with Crippen molar-refractivity contribution in [2.24, 2.45) is 5.41 Å². The summed E-state index contributed by atoms with van der Waals surface area (Å²) in [5.41, 5.74) is 1.32. The van der Waals surface area contributed by atoms with Gasteiger partial charge in [-0.1, -0.05) is 12.1 Å². The molecule has 34 heavy (non-hydrogen) atoms. The van der Waals surface area contributed by atoms with Crippen molar-refractivity contribution in [3.63, 3.8) is 0 Å². The van der Waals surface area contributed by atoms with E-state index in [-0.39, 0.29) is 24.0 Å². The van der Waals surface area contributed by atoms with Crippen LogP contribution in [0.15, 0.2) is 66.9 Å². The van der Waals surface area contributed by atoms with E-state index in [2.05, 4.69) is 10.3 Å². The van der Waals surface area contributed by atoms with E-state index in [9.17, 15) is 19.7 Å². The molecule has 0 spiro atoms. The molecule has 1 aromatic heterocycles. The molecule has 0 aliphatic carbocycles.